The molecule has 2 atom stereocenters. The Hall–Kier alpha value is -2.34. The van der Waals surface area contributed by atoms with E-state index in [2.05, 4.69) is 11.9 Å². The number of likely N-dealkylation sites (tertiary alicyclic amines) is 1. The third-order valence-corrected chi connectivity index (χ3v) is 4.49. The number of rotatable bonds is 6. The average molecular weight is 364 g/mol. The zero-order chi connectivity index (χ0) is 18.4. The van der Waals surface area contributed by atoms with Crippen molar-refractivity contribution in [2.45, 2.75) is 25.3 Å². The number of hydrogen-bond acceptors (Lipinski definition) is 3. The third-order valence-electron chi connectivity index (χ3n) is 4.25. The Balaban J connectivity index is 2.09. The molecule has 0 radical (unpaired) electrons. The highest BCUT2D eigenvalue weighted by atomic mass is 35.5. The van der Waals surface area contributed by atoms with Crippen LogP contribution in [0.3, 0.4) is 0 Å². The van der Waals surface area contributed by atoms with Crippen molar-refractivity contribution >= 4 is 29.3 Å². The van der Waals surface area contributed by atoms with E-state index in [0.717, 1.165) is 12.0 Å². The van der Waals surface area contributed by atoms with E-state index in [1.807, 2.05) is 0 Å². The lowest BCUT2D eigenvalue weighted by Crippen LogP contribution is -2.46. The second-order valence-electron chi connectivity index (χ2n) is 6.11. The maximum Gasteiger partial charge on any atom is 0.245 e. The van der Waals surface area contributed by atoms with E-state index in [4.69, 9.17) is 17.3 Å². The summed E-state index contributed by atoms with van der Waals surface area (Å²) in [7, 11) is 0. The number of piperidine rings is 1. The molecule has 1 saturated heterocycles. The van der Waals surface area contributed by atoms with Gasteiger partial charge in [-0.1, -0.05) is 30.3 Å². The zero-order valence-electron chi connectivity index (χ0n) is 13.9. The van der Waals surface area contributed by atoms with Gasteiger partial charge in [0.15, 0.2) is 0 Å². The molecule has 1 aliphatic heterocycles. The monoisotopic (exact) mass is 363 g/mol. The third kappa shape index (κ3) is 5.32. The molecule has 0 spiro atoms. The van der Waals surface area contributed by atoms with Gasteiger partial charge in [0.2, 0.25) is 17.7 Å². The van der Waals surface area contributed by atoms with Gasteiger partial charge in [-0.3, -0.25) is 14.4 Å². The molecule has 6 nitrogen and oxygen atoms in total. The highest BCUT2D eigenvalue weighted by Crippen LogP contribution is 2.23. The number of carbonyl (C=O) groups is 3. The highest BCUT2D eigenvalue weighted by molar-refractivity contribution is 6.30. The number of halogens is 1. The molecule has 3 amide bonds. The molecule has 1 unspecified atom stereocenters. The predicted octanol–water partition coefficient (Wildman–Crippen LogP) is 1.80. The van der Waals surface area contributed by atoms with E-state index < -0.39 is 11.9 Å². The van der Waals surface area contributed by atoms with Gasteiger partial charge in [-0.15, -0.1) is 0 Å². The van der Waals surface area contributed by atoms with Gasteiger partial charge in [0.05, 0.1) is 18.4 Å². The molecule has 0 aliphatic carbocycles. The van der Waals surface area contributed by atoms with E-state index in [9.17, 15) is 14.4 Å². The first-order valence-corrected chi connectivity index (χ1v) is 8.54. The fourth-order valence-electron chi connectivity index (χ4n) is 2.99. The number of nitrogens with zero attached hydrogens (tertiary/aromatic N) is 1. The Morgan fingerprint density at radius 2 is 2.20 bits per heavy atom. The van der Waals surface area contributed by atoms with E-state index >= 15 is 0 Å². The Morgan fingerprint density at radius 3 is 2.84 bits per heavy atom. The van der Waals surface area contributed by atoms with E-state index in [0.29, 0.717) is 24.5 Å². The van der Waals surface area contributed by atoms with Crippen LogP contribution >= 0.6 is 11.6 Å². The van der Waals surface area contributed by atoms with E-state index in [1.54, 1.807) is 29.2 Å². The lowest BCUT2D eigenvalue weighted by Gasteiger charge is -2.32. The summed E-state index contributed by atoms with van der Waals surface area (Å²) in [5, 5.41) is 3.39. The Bertz CT molecular complexity index is 677. The van der Waals surface area contributed by atoms with Crippen molar-refractivity contribution in [3.05, 3.63) is 47.5 Å². The number of nitrogens with two attached hydrogens (primary N) is 1. The molecule has 0 saturated carbocycles. The van der Waals surface area contributed by atoms with Crippen LogP contribution in [0, 0.1) is 5.92 Å². The molecule has 134 valence electrons. The summed E-state index contributed by atoms with van der Waals surface area (Å²) in [6.07, 6.45) is 2.66. The SMILES string of the molecule is C=CC(=O)N1CCCC(C(=O)N[C@H](CC(N)=O)c2cccc(Cl)c2)C1. The first kappa shape index (κ1) is 19.0. The molecular weight excluding hydrogens is 342 g/mol. The molecule has 2 rings (SSSR count). The molecule has 3 N–H and O–H groups in total. The first-order valence-electron chi connectivity index (χ1n) is 8.16. The highest BCUT2D eigenvalue weighted by Gasteiger charge is 2.29. The molecular formula is C18H22ClN3O3. The summed E-state index contributed by atoms with van der Waals surface area (Å²) < 4.78 is 0. The van der Waals surface area contributed by atoms with Gasteiger partial charge in [-0.05, 0) is 36.6 Å². The van der Waals surface area contributed by atoms with Gasteiger partial charge in [0.1, 0.15) is 0 Å². The molecule has 1 heterocycles. The zero-order valence-corrected chi connectivity index (χ0v) is 14.7. The van der Waals surface area contributed by atoms with Crippen molar-refractivity contribution < 1.29 is 14.4 Å². The van der Waals surface area contributed by atoms with Crippen molar-refractivity contribution in [2.75, 3.05) is 13.1 Å². The van der Waals surface area contributed by atoms with Crippen molar-refractivity contribution in [1.29, 1.82) is 0 Å². The van der Waals surface area contributed by atoms with E-state index in [-0.39, 0.29) is 24.2 Å². The number of amides is 3. The Kier molecular flexibility index (Phi) is 6.58. The van der Waals surface area contributed by atoms with Gasteiger partial charge in [-0.25, -0.2) is 0 Å². The largest absolute Gasteiger partial charge is 0.370 e. The summed E-state index contributed by atoms with van der Waals surface area (Å²) in [6, 6.07) is 6.41. The summed E-state index contributed by atoms with van der Waals surface area (Å²) in [5.41, 5.74) is 6.03. The molecule has 0 aromatic heterocycles. The summed E-state index contributed by atoms with van der Waals surface area (Å²) in [6.45, 7) is 4.44. The Labute approximate surface area is 152 Å². The number of primary amides is 1. The smallest absolute Gasteiger partial charge is 0.245 e. The number of benzene rings is 1. The van der Waals surface area contributed by atoms with Crippen LogP contribution in [0.5, 0.6) is 0 Å². The normalized spacial score (nSPS) is 18.3. The fourth-order valence-corrected chi connectivity index (χ4v) is 3.19. The van der Waals surface area contributed by atoms with E-state index in [1.165, 1.54) is 6.08 Å². The average Bonchev–Trinajstić information content (AvgIpc) is 2.60. The number of nitrogens with one attached hydrogen (secondary N) is 1. The van der Waals surface area contributed by atoms with Crippen LogP contribution in [0.1, 0.15) is 30.9 Å². The summed E-state index contributed by atoms with van der Waals surface area (Å²) >= 11 is 6.00. The van der Waals surface area contributed by atoms with Crippen molar-refractivity contribution in [3.8, 4) is 0 Å². The van der Waals surface area contributed by atoms with Crippen LogP contribution in [0.15, 0.2) is 36.9 Å². The minimum absolute atomic E-state index is 0.0197. The molecule has 1 aliphatic rings. The number of hydrogen-bond donors (Lipinski definition) is 2. The summed E-state index contributed by atoms with van der Waals surface area (Å²) in [5.74, 6) is -1.22. The predicted molar refractivity (Wildman–Crippen MR) is 95.6 cm³/mol. The fraction of sp³-hybridized carbons (Fsp3) is 0.389. The van der Waals surface area contributed by atoms with Crippen LogP contribution in [0.4, 0.5) is 0 Å². The van der Waals surface area contributed by atoms with Crippen molar-refractivity contribution in [1.82, 2.24) is 10.2 Å². The lowest BCUT2D eigenvalue weighted by molar-refractivity contribution is -0.132. The van der Waals surface area contributed by atoms with Crippen LogP contribution in [-0.4, -0.2) is 35.7 Å². The van der Waals surface area contributed by atoms with Crippen LogP contribution in [-0.2, 0) is 14.4 Å². The second-order valence-corrected chi connectivity index (χ2v) is 6.55. The van der Waals surface area contributed by atoms with Gasteiger partial charge in [0, 0.05) is 18.1 Å². The van der Waals surface area contributed by atoms with Crippen LogP contribution in [0.2, 0.25) is 5.02 Å². The quantitative estimate of drug-likeness (QED) is 0.755. The lowest BCUT2D eigenvalue weighted by atomic mass is 9.95. The van der Waals surface area contributed by atoms with Gasteiger partial charge >= 0.3 is 0 Å². The molecule has 1 aromatic carbocycles. The second kappa shape index (κ2) is 8.67. The standard InChI is InChI=1S/C18H22ClN3O3/c1-2-17(24)22-8-4-6-13(11-22)18(25)21-15(10-16(20)23)12-5-3-7-14(19)9-12/h2-3,5,7,9,13,15H,1,4,6,8,10-11H2,(H2,20,23)(H,21,25)/t13?,15-/m1/s1. The maximum absolute atomic E-state index is 12.6. The molecule has 0 bridgehead atoms. The molecule has 25 heavy (non-hydrogen) atoms. The van der Waals surface area contributed by atoms with Gasteiger partial charge in [0.25, 0.3) is 0 Å². The maximum atomic E-state index is 12.6. The van der Waals surface area contributed by atoms with Gasteiger partial charge in [-0.2, -0.15) is 0 Å². The minimum Gasteiger partial charge on any atom is -0.370 e. The summed E-state index contributed by atoms with van der Waals surface area (Å²) in [4.78, 5) is 37.4. The molecule has 7 heteroatoms. The first-order chi connectivity index (χ1) is 11.9. The minimum atomic E-state index is -0.547. The van der Waals surface area contributed by atoms with Crippen molar-refractivity contribution in [3.63, 3.8) is 0 Å². The van der Waals surface area contributed by atoms with Gasteiger partial charge < -0.3 is 16.0 Å². The number of carbonyl (C=O) groups excluding carboxylic acids is 3. The molecule has 1 fully saturated rings. The van der Waals surface area contributed by atoms with Crippen LogP contribution in [0.25, 0.3) is 0 Å². The van der Waals surface area contributed by atoms with Crippen LogP contribution < -0.4 is 11.1 Å². The van der Waals surface area contributed by atoms with Crippen molar-refractivity contribution in [2.24, 2.45) is 11.7 Å². The topological polar surface area (TPSA) is 92.5 Å². The Morgan fingerprint density at radius 1 is 1.44 bits per heavy atom. The molecule has 1 aromatic rings.